The molecule has 3 aromatic rings. The van der Waals surface area contributed by atoms with Crippen molar-refractivity contribution in [2.24, 2.45) is 0 Å². The fraction of sp³-hybridized carbons (Fsp3) is 0.133. The van der Waals surface area contributed by atoms with Crippen molar-refractivity contribution in [3.63, 3.8) is 0 Å². The number of benzene rings is 1. The molecule has 2 aromatic heterocycles. The summed E-state index contributed by atoms with van der Waals surface area (Å²) in [5.74, 6) is -0.697. The summed E-state index contributed by atoms with van der Waals surface area (Å²) < 4.78 is 6.17. The van der Waals surface area contributed by atoms with E-state index in [4.69, 9.17) is 4.42 Å². The van der Waals surface area contributed by atoms with Gasteiger partial charge in [-0.05, 0) is 24.6 Å². The summed E-state index contributed by atoms with van der Waals surface area (Å²) in [5.41, 5.74) is 0.620. The quantitative estimate of drug-likeness (QED) is 0.712. The highest BCUT2D eigenvalue weighted by molar-refractivity contribution is 5.73. The lowest BCUT2D eigenvalue weighted by molar-refractivity contribution is 0.404. The molecule has 0 saturated heterocycles. The molecule has 0 aliphatic heterocycles. The molecule has 0 aliphatic carbocycles. The van der Waals surface area contributed by atoms with Gasteiger partial charge in [0.05, 0.1) is 6.04 Å². The Morgan fingerprint density at radius 2 is 1.85 bits per heavy atom. The number of pyridine rings is 1. The summed E-state index contributed by atoms with van der Waals surface area (Å²) in [7, 11) is 0. The molecular weight excluding hydrogens is 256 g/mol. The highest BCUT2D eigenvalue weighted by Gasteiger charge is 2.16. The van der Waals surface area contributed by atoms with Gasteiger partial charge in [0.1, 0.15) is 5.39 Å². The molecule has 0 amide bonds. The van der Waals surface area contributed by atoms with E-state index in [1.165, 1.54) is 4.57 Å². The lowest BCUT2D eigenvalue weighted by Gasteiger charge is -2.15. The number of hydrogen-bond donors (Lipinski definition) is 0. The van der Waals surface area contributed by atoms with Crippen LogP contribution < -0.4 is 11.4 Å². The molecule has 5 nitrogen and oxygen atoms in total. The van der Waals surface area contributed by atoms with Gasteiger partial charge in [-0.3, -0.25) is 4.57 Å². The normalized spacial score (nSPS) is 12.4. The van der Waals surface area contributed by atoms with Crippen LogP contribution in [-0.4, -0.2) is 9.55 Å². The van der Waals surface area contributed by atoms with Crippen molar-refractivity contribution in [1.82, 2.24) is 9.55 Å². The zero-order chi connectivity index (χ0) is 14.1. The average Bonchev–Trinajstić information content (AvgIpc) is 2.48. The number of rotatable bonds is 2. The third-order valence-electron chi connectivity index (χ3n) is 3.28. The minimum atomic E-state index is -0.697. The maximum Gasteiger partial charge on any atom is 0.424 e. The van der Waals surface area contributed by atoms with Crippen LogP contribution in [0.25, 0.3) is 11.0 Å². The molecule has 1 aromatic carbocycles. The molecule has 0 bridgehead atoms. The van der Waals surface area contributed by atoms with Crippen LogP contribution >= 0.6 is 0 Å². The summed E-state index contributed by atoms with van der Waals surface area (Å²) >= 11 is 0. The van der Waals surface area contributed by atoms with Crippen LogP contribution in [0.2, 0.25) is 0 Å². The molecule has 100 valence electrons. The van der Waals surface area contributed by atoms with E-state index < -0.39 is 11.4 Å². The molecule has 0 unspecified atom stereocenters. The first-order valence-electron chi connectivity index (χ1n) is 6.24. The zero-order valence-electron chi connectivity index (χ0n) is 10.8. The highest BCUT2D eigenvalue weighted by Crippen LogP contribution is 2.18. The van der Waals surface area contributed by atoms with Crippen molar-refractivity contribution >= 4 is 11.0 Å². The Morgan fingerprint density at radius 1 is 1.10 bits per heavy atom. The summed E-state index contributed by atoms with van der Waals surface area (Å²) in [6, 6.07) is 12.5. The monoisotopic (exact) mass is 268 g/mol. The fourth-order valence-electron chi connectivity index (χ4n) is 2.24. The van der Waals surface area contributed by atoms with Gasteiger partial charge in [-0.15, -0.1) is 0 Å². The first-order chi connectivity index (χ1) is 9.68. The van der Waals surface area contributed by atoms with E-state index in [9.17, 15) is 9.59 Å². The van der Waals surface area contributed by atoms with Gasteiger partial charge in [-0.1, -0.05) is 30.3 Å². The molecule has 20 heavy (non-hydrogen) atoms. The topological polar surface area (TPSA) is 65.1 Å². The first kappa shape index (κ1) is 12.3. The Balaban J connectivity index is 2.32. The SMILES string of the molecule is C[C@H](c1ccccc1)n1c(=O)oc(=O)c2cccnc21. The summed E-state index contributed by atoms with van der Waals surface area (Å²) in [5, 5.41) is 0.301. The molecule has 0 N–H and O–H groups in total. The Bertz CT molecular complexity index is 865. The third kappa shape index (κ3) is 1.93. The van der Waals surface area contributed by atoms with E-state index in [0.717, 1.165) is 5.56 Å². The lowest BCUT2D eigenvalue weighted by atomic mass is 10.1. The molecule has 3 rings (SSSR count). The van der Waals surface area contributed by atoms with Gasteiger partial charge >= 0.3 is 11.4 Å². The van der Waals surface area contributed by atoms with Crippen LogP contribution in [0.15, 0.2) is 62.7 Å². The molecule has 0 aliphatic rings. The summed E-state index contributed by atoms with van der Waals surface area (Å²) in [6.07, 6.45) is 1.55. The standard InChI is InChI=1S/C15H12N2O3/c1-10(11-6-3-2-4-7-11)17-13-12(8-5-9-16-13)14(18)20-15(17)19/h2-10H,1H3/t10-/m1/s1. The van der Waals surface area contributed by atoms with Crippen molar-refractivity contribution in [1.29, 1.82) is 0 Å². The van der Waals surface area contributed by atoms with Gasteiger partial charge < -0.3 is 4.42 Å². The highest BCUT2D eigenvalue weighted by atomic mass is 16.4. The van der Waals surface area contributed by atoms with Gasteiger partial charge in [0.25, 0.3) is 0 Å². The Kier molecular flexibility index (Phi) is 2.95. The number of fused-ring (bicyclic) bond motifs is 1. The molecule has 0 spiro atoms. The van der Waals surface area contributed by atoms with Crippen molar-refractivity contribution in [2.75, 3.05) is 0 Å². The molecule has 5 heteroatoms. The zero-order valence-corrected chi connectivity index (χ0v) is 10.8. The average molecular weight is 268 g/mol. The molecule has 2 heterocycles. The van der Waals surface area contributed by atoms with E-state index in [1.54, 1.807) is 18.3 Å². The van der Waals surface area contributed by atoms with Gasteiger partial charge in [-0.25, -0.2) is 14.6 Å². The minimum Gasteiger partial charge on any atom is -0.372 e. The van der Waals surface area contributed by atoms with Crippen LogP contribution in [0.3, 0.4) is 0 Å². The van der Waals surface area contributed by atoms with Crippen LogP contribution in [0, 0.1) is 0 Å². The molecule has 0 saturated carbocycles. The maximum absolute atomic E-state index is 12.0. The van der Waals surface area contributed by atoms with Gasteiger partial charge in [0.15, 0.2) is 5.65 Å². The number of aromatic nitrogens is 2. The Labute approximate surface area is 114 Å². The minimum absolute atomic E-state index is 0.273. The van der Waals surface area contributed by atoms with Gasteiger partial charge in [0, 0.05) is 6.20 Å². The largest absolute Gasteiger partial charge is 0.424 e. The maximum atomic E-state index is 12.0. The fourth-order valence-corrected chi connectivity index (χ4v) is 2.24. The molecule has 0 fully saturated rings. The van der Waals surface area contributed by atoms with Crippen molar-refractivity contribution in [3.8, 4) is 0 Å². The van der Waals surface area contributed by atoms with Gasteiger partial charge in [0.2, 0.25) is 0 Å². The van der Waals surface area contributed by atoms with Crippen LogP contribution in [-0.2, 0) is 0 Å². The molecule has 1 atom stereocenters. The van der Waals surface area contributed by atoms with E-state index >= 15 is 0 Å². The van der Waals surface area contributed by atoms with Crippen molar-refractivity contribution in [2.45, 2.75) is 13.0 Å². The molecule has 0 radical (unpaired) electrons. The lowest BCUT2D eigenvalue weighted by Crippen LogP contribution is -2.28. The van der Waals surface area contributed by atoms with E-state index in [0.29, 0.717) is 11.0 Å². The van der Waals surface area contributed by atoms with Crippen molar-refractivity contribution < 1.29 is 4.42 Å². The second-order valence-electron chi connectivity index (χ2n) is 4.49. The predicted octanol–water partition coefficient (Wildman–Crippen LogP) is 1.96. The van der Waals surface area contributed by atoms with Crippen LogP contribution in [0.5, 0.6) is 0 Å². The molecular formula is C15H12N2O3. The third-order valence-corrected chi connectivity index (χ3v) is 3.28. The summed E-state index contributed by atoms with van der Waals surface area (Å²) in [6.45, 7) is 1.87. The second-order valence-corrected chi connectivity index (χ2v) is 4.49. The van der Waals surface area contributed by atoms with Gasteiger partial charge in [-0.2, -0.15) is 0 Å². The van der Waals surface area contributed by atoms with Crippen LogP contribution in [0.4, 0.5) is 0 Å². The van der Waals surface area contributed by atoms with Crippen molar-refractivity contribution in [3.05, 3.63) is 75.2 Å². The number of hydrogen-bond acceptors (Lipinski definition) is 4. The van der Waals surface area contributed by atoms with E-state index in [-0.39, 0.29) is 6.04 Å². The Hall–Kier alpha value is -2.69. The van der Waals surface area contributed by atoms with E-state index in [1.807, 2.05) is 37.3 Å². The second kappa shape index (κ2) is 4.77. The first-order valence-corrected chi connectivity index (χ1v) is 6.24. The number of nitrogens with zero attached hydrogens (tertiary/aromatic N) is 2. The van der Waals surface area contributed by atoms with E-state index in [2.05, 4.69) is 4.98 Å². The van der Waals surface area contributed by atoms with Crippen LogP contribution in [0.1, 0.15) is 18.5 Å². The Morgan fingerprint density at radius 3 is 2.60 bits per heavy atom. The predicted molar refractivity (Wildman–Crippen MR) is 74.8 cm³/mol. The smallest absolute Gasteiger partial charge is 0.372 e. The summed E-state index contributed by atoms with van der Waals surface area (Å²) in [4.78, 5) is 27.9.